The Balaban J connectivity index is 1.53. The van der Waals surface area contributed by atoms with Crippen LogP contribution in [-0.2, 0) is 14.3 Å². The van der Waals surface area contributed by atoms with Gasteiger partial charge in [0.25, 0.3) is 5.91 Å². The van der Waals surface area contributed by atoms with Crippen molar-refractivity contribution in [2.75, 3.05) is 19.8 Å². The van der Waals surface area contributed by atoms with E-state index in [9.17, 15) is 9.59 Å². The third-order valence-electron chi connectivity index (χ3n) is 3.91. The average molecular weight is 317 g/mol. The van der Waals surface area contributed by atoms with Crippen molar-refractivity contribution in [1.82, 2.24) is 5.32 Å². The van der Waals surface area contributed by atoms with Crippen molar-refractivity contribution in [2.45, 2.75) is 25.9 Å². The zero-order chi connectivity index (χ0) is 16.2. The van der Waals surface area contributed by atoms with Crippen LogP contribution in [-0.4, -0.2) is 37.7 Å². The molecule has 1 amide bonds. The monoisotopic (exact) mass is 317 g/mol. The van der Waals surface area contributed by atoms with E-state index in [0.717, 1.165) is 24.8 Å². The van der Waals surface area contributed by atoms with Gasteiger partial charge in [0, 0.05) is 24.1 Å². The van der Waals surface area contributed by atoms with Crippen molar-refractivity contribution >= 4 is 22.8 Å². The molecular formula is C17H19NO5. The summed E-state index contributed by atoms with van der Waals surface area (Å²) in [5, 5.41) is 3.56. The molecule has 0 spiro atoms. The number of nitrogens with one attached hydrogen (secondary N) is 1. The largest absolute Gasteiger partial charge is 0.450 e. The Labute approximate surface area is 133 Å². The number of para-hydroxylation sites is 1. The number of benzene rings is 1. The van der Waals surface area contributed by atoms with Crippen molar-refractivity contribution in [3.8, 4) is 0 Å². The lowest BCUT2D eigenvalue weighted by atomic mass is 10.1. The zero-order valence-electron chi connectivity index (χ0n) is 13.0. The van der Waals surface area contributed by atoms with Gasteiger partial charge in [0.2, 0.25) is 5.76 Å². The number of furan rings is 1. The van der Waals surface area contributed by atoms with Gasteiger partial charge in [-0.3, -0.25) is 4.79 Å². The van der Waals surface area contributed by atoms with Gasteiger partial charge in [-0.2, -0.15) is 0 Å². The highest BCUT2D eigenvalue weighted by molar-refractivity contribution is 5.96. The standard InChI is InChI=1S/C17H19NO5/c1-11-13-6-2-3-7-14(13)23-16(11)17(20)22-10-15(19)18-9-12-5-4-8-21-12/h2-3,6-7,12H,4-5,8-10H2,1H3,(H,18,19)/t12-/m0/s1. The molecule has 2 heterocycles. The lowest BCUT2D eigenvalue weighted by Gasteiger charge is -2.10. The smallest absolute Gasteiger partial charge is 0.375 e. The van der Waals surface area contributed by atoms with Crippen molar-refractivity contribution < 1.29 is 23.5 Å². The number of esters is 1. The van der Waals surface area contributed by atoms with Crippen molar-refractivity contribution in [3.05, 3.63) is 35.6 Å². The van der Waals surface area contributed by atoms with Crippen LogP contribution in [0.2, 0.25) is 0 Å². The van der Waals surface area contributed by atoms with Gasteiger partial charge in [0.05, 0.1) is 6.10 Å². The fourth-order valence-electron chi connectivity index (χ4n) is 2.65. The van der Waals surface area contributed by atoms with E-state index in [2.05, 4.69) is 5.32 Å². The molecule has 1 aromatic carbocycles. The third-order valence-corrected chi connectivity index (χ3v) is 3.91. The lowest BCUT2D eigenvalue weighted by Crippen LogP contribution is -2.34. The molecule has 122 valence electrons. The molecule has 6 nitrogen and oxygen atoms in total. The zero-order valence-corrected chi connectivity index (χ0v) is 13.0. The summed E-state index contributed by atoms with van der Waals surface area (Å²) in [6.45, 7) is 2.64. The molecule has 1 aliphatic rings. The van der Waals surface area contributed by atoms with Crippen LogP contribution >= 0.6 is 0 Å². The minimum Gasteiger partial charge on any atom is -0.450 e. The molecule has 2 aromatic rings. The highest BCUT2D eigenvalue weighted by Crippen LogP contribution is 2.25. The molecule has 1 saturated heterocycles. The second-order valence-electron chi connectivity index (χ2n) is 5.57. The molecule has 23 heavy (non-hydrogen) atoms. The number of amides is 1. The second-order valence-corrected chi connectivity index (χ2v) is 5.57. The first-order valence-corrected chi connectivity index (χ1v) is 7.68. The van der Waals surface area contributed by atoms with Crippen LogP contribution < -0.4 is 5.32 Å². The highest BCUT2D eigenvalue weighted by atomic mass is 16.5. The Bertz CT molecular complexity index is 715. The summed E-state index contributed by atoms with van der Waals surface area (Å²) in [6.07, 6.45) is 2.02. The number of hydrogen-bond donors (Lipinski definition) is 1. The van der Waals surface area contributed by atoms with E-state index in [4.69, 9.17) is 13.9 Å². The number of rotatable bonds is 5. The molecule has 0 aliphatic carbocycles. The van der Waals surface area contributed by atoms with Crippen LogP contribution in [0.4, 0.5) is 0 Å². The van der Waals surface area contributed by atoms with Crippen LogP contribution in [0.15, 0.2) is 28.7 Å². The van der Waals surface area contributed by atoms with Crippen molar-refractivity contribution in [3.63, 3.8) is 0 Å². The highest BCUT2D eigenvalue weighted by Gasteiger charge is 2.20. The van der Waals surface area contributed by atoms with Gasteiger partial charge in [-0.05, 0) is 25.8 Å². The molecule has 1 aliphatic heterocycles. The van der Waals surface area contributed by atoms with Crippen LogP contribution in [0.3, 0.4) is 0 Å². The topological polar surface area (TPSA) is 77.8 Å². The first-order valence-electron chi connectivity index (χ1n) is 7.68. The summed E-state index contributed by atoms with van der Waals surface area (Å²) >= 11 is 0. The second kappa shape index (κ2) is 6.83. The van der Waals surface area contributed by atoms with Gasteiger partial charge in [-0.1, -0.05) is 18.2 Å². The SMILES string of the molecule is Cc1c(C(=O)OCC(=O)NC[C@@H]2CCCO2)oc2ccccc12. The average Bonchev–Trinajstić information content (AvgIpc) is 3.19. The molecule has 1 fully saturated rings. The van der Waals surface area contributed by atoms with E-state index in [1.165, 1.54) is 0 Å². The summed E-state index contributed by atoms with van der Waals surface area (Å²) in [7, 11) is 0. The van der Waals surface area contributed by atoms with Gasteiger partial charge in [0.15, 0.2) is 6.61 Å². The van der Waals surface area contributed by atoms with E-state index in [1.54, 1.807) is 13.0 Å². The summed E-state index contributed by atoms with van der Waals surface area (Å²) in [5.41, 5.74) is 1.34. The Kier molecular flexibility index (Phi) is 4.62. The number of carbonyl (C=O) groups is 2. The minimum atomic E-state index is -0.633. The maximum atomic E-state index is 12.1. The van der Waals surface area contributed by atoms with E-state index < -0.39 is 5.97 Å². The number of hydrogen-bond acceptors (Lipinski definition) is 5. The van der Waals surface area contributed by atoms with Gasteiger partial charge in [0.1, 0.15) is 5.58 Å². The summed E-state index contributed by atoms with van der Waals surface area (Å²) < 4.78 is 15.9. The molecule has 0 saturated carbocycles. The van der Waals surface area contributed by atoms with Crippen molar-refractivity contribution in [2.24, 2.45) is 0 Å². The third kappa shape index (κ3) is 3.53. The maximum Gasteiger partial charge on any atom is 0.375 e. The van der Waals surface area contributed by atoms with Crippen LogP contribution in [0.25, 0.3) is 11.0 Å². The number of carbonyl (C=O) groups excluding carboxylic acids is 2. The molecule has 6 heteroatoms. The predicted molar refractivity (Wildman–Crippen MR) is 83.2 cm³/mol. The maximum absolute atomic E-state index is 12.1. The molecular weight excluding hydrogens is 298 g/mol. The van der Waals surface area contributed by atoms with Gasteiger partial charge < -0.3 is 19.2 Å². The van der Waals surface area contributed by atoms with Gasteiger partial charge in [-0.15, -0.1) is 0 Å². The van der Waals surface area contributed by atoms with Crippen LogP contribution in [0.5, 0.6) is 0 Å². The molecule has 1 aromatic heterocycles. The van der Waals surface area contributed by atoms with E-state index in [0.29, 0.717) is 17.7 Å². The minimum absolute atomic E-state index is 0.0623. The molecule has 0 bridgehead atoms. The number of fused-ring (bicyclic) bond motifs is 1. The first kappa shape index (κ1) is 15.6. The normalized spacial score (nSPS) is 17.3. The van der Waals surface area contributed by atoms with E-state index in [-0.39, 0.29) is 24.4 Å². The Hall–Kier alpha value is -2.34. The van der Waals surface area contributed by atoms with E-state index in [1.807, 2.05) is 18.2 Å². The molecule has 0 radical (unpaired) electrons. The Morgan fingerprint density at radius 3 is 2.91 bits per heavy atom. The van der Waals surface area contributed by atoms with Crippen LogP contribution in [0.1, 0.15) is 29.0 Å². The molecule has 3 rings (SSSR count). The fraction of sp³-hybridized carbons (Fsp3) is 0.412. The number of aryl methyl sites for hydroxylation is 1. The Morgan fingerprint density at radius 2 is 2.17 bits per heavy atom. The van der Waals surface area contributed by atoms with Crippen LogP contribution in [0, 0.1) is 6.92 Å². The summed E-state index contributed by atoms with van der Waals surface area (Å²) in [5.74, 6) is -0.841. The van der Waals surface area contributed by atoms with Crippen molar-refractivity contribution in [1.29, 1.82) is 0 Å². The fourth-order valence-corrected chi connectivity index (χ4v) is 2.65. The predicted octanol–water partition coefficient (Wildman–Crippen LogP) is 2.19. The van der Waals surface area contributed by atoms with E-state index >= 15 is 0 Å². The van der Waals surface area contributed by atoms with Gasteiger partial charge >= 0.3 is 5.97 Å². The summed E-state index contributed by atoms with van der Waals surface area (Å²) in [6, 6.07) is 7.37. The Morgan fingerprint density at radius 1 is 1.35 bits per heavy atom. The summed E-state index contributed by atoms with van der Waals surface area (Å²) in [4.78, 5) is 23.8. The number of ether oxygens (including phenoxy) is 2. The van der Waals surface area contributed by atoms with Gasteiger partial charge in [-0.25, -0.2) is 4.79 Å². The quantitative estimate of drug-likeness (QED) is 0.855. The lowest BCUT2D eigenvalue weighted by molar-refractivity contribution is -0.124. The molecule has 0 unspecified atom stereocenters. The molecule has 1 N–H and O–H groups in total. The molecule has 1 atom stereocenters. The first-order chi connectivity index (χ1) is 11.1.